The minimum absolute atomic E-state index is 0.644. The molecule has 0 amide bonds. The Balaban J connectivity index is 1.79. The molecule has 0 aromatic carbocycles. The van der Waals surface area contributed by atoms with Crippen molar-refractivity contribution in [3.05, 3.63) is 24.0 Å². The second-order valence-corrected chi connectivity index (χ2v) is 4.33. The predicted molar refractivity (Wildman–Crippen MR) is 73.5 cm³/mol. The van der Waals surface area contributed by atoms with E-state index in [2.05, 4.69) is 21.5 Å². The maximum Gasteiger partial charge on any atom is 0.157 e. The van der Waals surface area contributed by atoms with Crippen LogP contribution in [0.3, 0.4) is 0 Å². The molecule has 1 N–H and O–H groups in total. The van der Waals surface area contributed by atoms with Crippen LogP contribution in [0.25, 0.3) is 5.65 Å². The second kappa shape index (κ2) is 7.06. The number of aryl methyl sites for hydroxylation is 1. The molecule has 2 aromatic heterocycles. The summed E-state index contributed by atoms with van der Waals surface area (Å²) in [6, 6.07) is 4.07. The Morgan fingerprint density at radius 2 is 2.16 bits per heavy atom. The van der Waals surface area contributed by atoms with Gasteiger partial charge >= 0.3 is 0 Å². The van der Waals surface area contributed by atoms with Crippen LogP contribution in [0.15, 0.2) is 18.5 Å². The fraction of sp³-hybridized carbons (Fsp3) is 0.538. The third-order valence-corrected chi connectivity index (χ3v) is 2.73. The lowest BCUT2D eigenvalue weighted by molar-refractivity contribution is 0.0705. The highest BCUT2D eigenvalue weighted by atomic mass is 16.5. The van der Waals surface area contributed by atoms with Gasteiger partial charge in [0.25, 0.3) is 0 Å². The van der Waals surface area contributed by atoms with Crippen molar-refractivity contribution in [1.82, 2.24) is 14.6 Å². The molecule has 0 aliphatic rings. The zero-order valence-corrected chi connectivity index (χ0v) is 11.4. The van der Waals surface area contributed by atoms with E-state index in [1.54, 1.807) is 18.0 Å². The van der Waals surface area contributed by atoms with Gasteiger partial charge in [0.15, 0.2) is 5.65 Å². The third-order valence-electron chi connectivity index (χ3n) is 2.73. The third kappa shape index (κ3) is 3.90. The number of fused-ring (bicyclic) bond motifs is 1. The molecule has 6 nitrogen and oxygen atoms in total. The summed E-state index contributed by atoms with van der Waals surface area (Å²) in [6.07, 6.45) is 2.50. The predicted octanol–water partition coefficient (Wildman–Crippen LogP) is 1.50. The maximum atomic E-state index is 5.41. The van der Waals surface area contributed by atoms with Crippen LogP contribution in [0, 0.1) is 6.92 Å². The standard InChI is InChI=1S/C13H20N4O2/c1-11-8-12(17-13(9-11)15-10-16-17)14-4-3-5-19-7-6-18-2/h8-10,14H,3-7H2,1-2H3. The highest BCUT2D eigenvalue weighted by Crippen LogP contribution is 2.12. The van der Waals surface area contributed by atoms with Gasteiger partial charge in [0, 0.05) is 20.3 Å². The summed E-state index contributed by atoms with van der Waals surface area (Å²) >= 11 is 0. The second-order valence-electron chi connectivity index (χ2n) is 4.33. The topological polar surface area (TPSA) is 60.7 Å². The fourth-order valence-corrected chi connectivity index (χ4v) is 1.82. The summed E-state index contributed by atoms with van der Waals surface area (Å²) in [5.41, 5.74) is 2.03. The van der Waals surface area contributed by atoms with Gasteiger partial charge in [-0.1, -0.05) is 0 Å². The van der Waals surface area contributed by atoms with E-state index in [0.717, 1.165) is 31.0 Å². The van der Waals surface area contributed by atoms with Crippen molar-refractivity contribution in [3.8, 4) is 0 Å². The van der Waals surface area contributed by atoms with E-state index in [4.69, 9.17) is 9.47 Å². The number of pyridine rings is 1. The molecule has 0 aliphatic carbocycles. The number of hydrogen-bond donors (Lipinski definition) is 1. The molecule has 2 aromatic rings. The number of ether oxygens (including phenoxy) is 2. The number of nitrogens with one attached hydrogen (secondary N) is 1. The van der Waals surface area contributed by atoms with Crippen LogP contribution in [0.1, 0.15) is 12.0 Å². The molecule has 0 aliphatic heterocycles. The normalized spacial score (nSPS) is 11.1. The van der Waals surface area contributed by atoms with Gasteiger partial charge in [0.2, 0.25) is 0 Å². The van der Waals surface area contributed by atoms with Crippen LogP contribution in [0.4, 0.5) is 5.82 Å². The minimum atomic E-state index is 0.644. The Morgan fingerprint density at radius 1 is 1.26 bits per heavy atom. The molecule has 0 unspecified atom stereocenters. The average molecular weight is 264 g/mol. The number of aromatic nitrogens is 3. The van der Waals surface area contributed by atoms with Crippen molar-refractivity contribution in [3.63, 3.8) is 0 Å². The summed E-state index contributed by atoms with van der Waals surface area (Å²) in [5, 5.41) is 7.55. The lowest BCUT2D eigenvalue weighted by atomic mass is 10.3. The van der Waals surface area contributed by atoms with Crippen LogP contribution in [0.2, 0.25) is 0 Å². The van der Waals surface area contributed by atoms with Crippen molar-refractivity contribution in [2.45, 2.75) is 13.3 Å². The Kier molecular flexibility index (Phi) is 5.11. The quantitative estimate of drug-likeness (QED) is 0.732. The Hall–Kier alpha value is -1.66. The lowest BCUT2D eigenvalue weighted by Gasteiger charge is -2.09. The Morgan fingerprint density at radius 3 is 3.00 bits per heavy atom. The summed E-state index contributed by atoms with van der Waals surface area (Å²) < 4.78 is 12.1. The maximum absolute atomic E-state index is 5.41. The summed E-state index contributed by atoms with van der Waals surface area (Å²) in [5.74, 6) is 0.962. The summed E-state index contributed by atoms with van der Waals surface area (Å²) in [6.45, 7) is 4.90. The van der Waals surface area contributed by atoms with E-state index in [1.807, 2.05) is 13.0 Å². The monoisotopic (exact) mass is 264 g/mol. The molecule has 0 atom stereocenters. The molecular weight excluding hydrogens is 244 g/mol. The van der Waals surface area contributed by atoms with Crippen LogP contribution in [0.5, 0.6) is 0 Å². The van der Waals surface area contributed by atoms with E-state index >= 15 is 0 Å². The molecule has 2 rings (SSSR count). The minimum Gasteiger partial charge on any atom is -0.382 e. The molecule has 0 bridgehead atoms. The van der Waals surface area contributed by atoms with Gasteiger partial charge in [-0.05, 0) is 31.0 Å². The van der Waals surface area contributed by atoms with Gasteiger partial charge in [-0.25, -0.2) is 4.98 Å². The first-order valence-electron chi connectivity index (χ1n) is 6.42. The van der Waals surface area contributed by atoms with E-state index in [0.29, 0.717) is 13.2 Å². The first kappa shape index (κ1) is 13.8. The van der Waals surface area contributed by atoms with Crippen molar-refractivity contribution in [1.29, 1.82) is 0 Å². The number of methoxy groups -OCH3 is 1. The largest absolute Gasteiger partial charge is 0.382 e. The molecule has 0 saturated heterocycles. The van der Waals surface area contributed by atoms with Gasteiger partial charge in [-0.3, -0.25) is 0 Å². The number of nitrogens with zero attached hydrogens (tertiary/aromatic N) is 3. The van der Waals surface area contributed by atoms with E-state index in [1.165, 1.54) is 5.56 Å². The summed E-state index contributed by atoms with van der Waals surface area (Å²) in [7, 11) is 1.67. The molecular formula is C13H20N4O2. The number of anilines is 1. The van der Waals surface area contributed by atoms with Crippen molar-refractivity contribution >= 4 is 11.5 Å². The van der Waals surface area contributed by atoms with Gasteiger partial charge in [0.05, 0.1) is 13.2 Å². The molecule has 19 heavy (non-hydrogen) atoms. The van der Waals surface area contributed by atoms with Gasteiger partial charge in [0.1, 0.15) is 12.1 Å². The first-order chi connectivity index (χ1) is 9.31. The van der Waals surface area contributed by atoms with Gasteiger partial charge in [-0.2, -0.15) is 9.61 Å². The van der Waals surface area contributed by atoms with Crippen LogP contribution in [-0.2, 0) is 9.47 Å². The molecule has 0 fully saturated rings. The number of rotatable bonds is 8. The molecule has 6 heteroatoms. The van der Waals surface area contributed by atoms with Gasteiger partial charge < -0.3 is 14.8 Å². The van der Waals surface area contributed by atoms with Crippen molar-refractivity contribution < 1.29 is 9.47 Å². The molecule has 0 saturated carbocycles. The van der Waals surface area contributed by atoms with E-state index in [-0.39, 0.29) is 0 Å². The van der Waals surface area contributed by atoms with E-state index < -0.39 is 0 Å². The SMILES string of the molecule is COCCOCCCNc1cc(C)cc2ncnn12. The zero-order chi connectivity index (χ0) is 13.5. The van der Waals surface area contributed by atoms with Crippen molar-refractivity contribution in [2.75, 3.05) is 38.8 Å². The fourth-order valence-electron chi connectivity index (χ4n) is 1.82. The van der Waals surface area contributed by atoms with Crippen LogP contribution in [-0.4, -0.2) is 48.1 Å². The number of hydrogen-bond acceptors (Lipinski definition) is 5. The first-order valence-corrected chi connectivity index (χ1v) is 6.42. The van der Waals surface area contributed by atoms with Crippen LogP contribution >= 0.6 is 0 Å². The smallest absolute Gasteiger partial charge is 0.157 e. The zero-order valence-electron chi connectivity index (χ0n) is 11.4. The van der Waals surface area contributed by atoms with Gasteiger partial charge in [-0.15, -0.1) is 0 Å². The highest BCUT2D eigenvalue weighted by Gasteiger charge is 2.03. The average Bonchev–Trinajstić information content (AvgIpc) is 2.85. The molecule has 2 heterocycles. The van der Waals surface area contributed by atoms with Crippen molar-refractivity contribution in [2.24, 2.45) is 0 Å². The van der Waals surface area contributed by atoms with Crippen LogP contribution < -0.4 is 5.32 Å². The Bertz CT molecular complexity index is 512. The lowest BCUT2D eigenvalue weighted by Crippen LogP contribution is -2.10. The van der Waals surface area contributed by atoms with E-state index in [9.17, 15) is 0 Å². The molecule has 0 spiro atoms. The molecule has 0 radical (unpaired) electrons. The molecule has 104 valence electrons. The highest BCUT2D eigenvalue weighted by molar-refractivity contribution is 5.51. The Labute approximate surface area is 112 Å². The summed E-state index contributed by atoms with van der Waals surface area (Å²) in [4.78, 5) is 4.19.